The molecule has 0 rings (SSSR count). The van der Waals surface area contributed by atoms with E-state index >= 15 is 0 Å². The molecule has 0 radical (unpaired) electrons. The smallest absolute Gasteiger partial charge is 0.0887 e. The largest absolute Gasteiger partial charge is 0.291 e. The zero-order chi connectivity index (χ0) is 11.3. The predicted molar refractivity (Wildman–Crippen MR) is 64.6 cm³/mol. The van der Waals surface area contributed by atoms with Crippen molar-refractivity contribution in [3.8, 4) is 5.81 Å². The zero-order valence-corrected chi connectivity index (χ0v) is 11.2. The van der Waals surface area contributed by atoms with Crippen LogP contribution in [0.3, 0.4) is 0 Å². The molecule has 2 atom stereocenters. The summed E-state index contributed by atoms with van der Waals surface area (Å²) in [7, 11) is -0.490. The van der Waals surface area contributed by atoms with Gasteiger partial charge in [-0.25, -0.2) is 0 Å². The molecular weight excluding hydrogens is 191 g/mol. The number of hydrogen-bond donors (Lipinski definition) is 0. The van der Waals surface area contributed by atoms with Crippen molar-refractivity contribution in [2.75, 3.05) is 6.16 Å². The first-order valence-corrected chi connectivity index (χ1v) is 6.99. The van der Waals surface area contributed by atoms with Gasteiger partial charge < -0.3 is 0 Å². The van der Waals surface area contributed by atoms with E-state index in [0.29, 0.717) is 17.9 Å². The van der Waals surface area contributed by atoms with Gasteiger partial charge in [-0.1, -0.05) is 6.92 Å². The van der Waals surface area contributed by atoms with E-state index in [1.165, 1.54) is 0 Å². The van der Waals surface area contributed by atoms with Crippen LogP contribution in [0.5, 0.6) is 0 Å². The Morgan fingerprint density at radius 2 is 1.57 bits per heavy atom. The summed E-state index contributed by atoms with van der Waals surface area (Å²) in [6.45, 7) is 13.1. The molecule has 3 heteroatoms. The molecule has 0 saturated carbocycles. The van der Waals surface area contributed by atoms with Gasteiger partial charge in [-0.2, -0.15) is 5.26 Å². The van der Waals surface area contributed by atoms with Crippen LogP contribution in [-0.4, -0.2) is 28.9 Å². The van der Waals surface area contributed by atoms with Crippen LogP contribution in [0.1, 0.15) is 41.5 Å². The fraction of sp³-hybridized carbons (Fsp3) is 0.909. The van der Waals surface area contributed by atoms with Gasteiger partial charge in [0.05, 0.1) is 5.81 Å². The molecule has 82 valence electrons. The highest BCUT2D eigenvalue weighted by atomic mass is 31.1. The Bertz CT molecular complexity index is 188. The van der Waals surface area contributed by atoms with E-state index in [4.69, 9.17) is 5.26 Å². The molecule has 2 unspecified atom stereocenters. The molecule has 0 heterocycles. The fourth-order valence-corrected chi connectivity index (χ4v) is 3.73. The van der Waals surface area contributed by atoms with Crippen LogP contribution in [0.4, 0.5) is 0 Å². The van der Waals surface area contributed by atoms with Crippen molar-refractivity contribution in [2.45, 2.75) is 59.4 Å². The van der Waals surface area contributed by atoms with Crippen LogP contribution in [-0.2, 0) is 0 Å². The molecule has 0 aliphatic rings. The molecule has 0 bridgehead atoms. The second-order valence-electron chi connectivity index (χ2n) is 4.15. The summed E-state index contributed by atoms with van der Waals surface area (Å²) < 4.78 is 0. The number of nitriles is 1. The number of hydrogen-bond acceptors (Lipinski definition) is 2. The van der Waals surface area contributed by atoms with Gasteiger partial charge in [0.1, 0.15) is 0 Å². The van der Waals surface area contributed by atoms with Crippen molar-refractivity contribution in [1.82, 2.24) is 4.90 Å². The summed E-state index contributed by atoms with van der Waals surface area (Å²) in [6.07, 6.45) is 1.00. The molecule has 0 saturated heterocycles. The molecule has 0 aliphatic carbocycles. The molecule has 0 fully saturated rings. The summed E-state index contributed by atoms with van der Waals surface area (Å²) in [6, 6.07) is 1.05. The molecular formula is C11H23N2P. The van der Waals surface area contributed by atoms with E-state index in [2.05, 4.69) is 52.3 Å². The first-order chi connectivity index (χ1) is 6.45. The van der Waals surface area contributed by atoms with Crippen molar-refractivity contribution in [1.29, 1.82) is 5.26 Å². The van der Waals surface area contributed by atoms with Crippen LogP contribution in [0.15, 0.2) is 0 Å². The highest BCUT2D eigenvalue weighted by molar-refractivity contribution is 7.63. The van der Waals surface area contributed by atoms with Crippen molar-refractivity contribution in [3.05, 3.63) is 0 Å². The van der Waals surface area contributed by atoms with E-state index in [-0.39, 0.29) is 0 Å². The maximum Gasteiger partial charge on any atom is 0.0887 e. The third kappa shape index (κ3) is 3.56. The van der Waals surface area contributed by atoms with Gasteiger partial charge in [-0.3, -0.25) is 4.90 Å². The summed E-state index contributed by atoms with van der Waals surface area (Å²) in [4.78, 5) is 2.44. The summed E-state index contributed by atoms with van der Waals surface area (Å²) >= 11 is 0. The van der Waals surface area contributed by atoms with Gasteiger partial charge in [-0.05, 0) is 40.8 Å². The SMILES string of the molecule is CCP(C#N)C(C)N(C(C)C)C(C)C. The van der Waals surface area contributed by atoms with Gasteiger partial charge in [0, 0.05) is 25.8 Å². The van der Waals surface area contributed by atoms with Gasteiger partial charge in [0.25, 0.3) is 0 Å². The van der Waals surface area contributed by atoms with Crippen LogP contribution < -0.4 is 0 Å². The highest BCUT2D eigenvalue weighted by Crippen LogP contribution is 2.42. The minimum absolute atomic E-state index is 0.417. The quantitative estimate of drug-likeness (QED) is 0.655. The lowest BCUT2D eigenvalue weighted by Gasteiger charge is -2.38. The van der Waals surface area contributed by atoms with Gasteiger partial charge in [-0.15, -0.1) is 0 Å². The Balaban J connectivity index is 4.59. The van der Waals surface area contributed by atoms with E-state index < -0.39 is 7.92 Å². The predicted octanol–water partition coefficient (Wildman–Crippen LogP) is 3.43. The molecule has 0 amide bonds. The van der Waals surface area contributed by atoms with E-state index in [1.807, 2.05) is 0 Å². The van der Waals surface area contributed by atoms with Crippen molar-refractivity contribution < 1.29 is 0 Å². The summed E-state index contributed by atoms with van der Waals surface area (Å²) in [5.74, 6) is 2.88. The molecule has 14 heavy (non-hydrogen) atoms. The molecule has 0 aliphatic heterocycles. The van der Waals surface area contributed by atoms with Crippen LogP contribution in [0, 0.1) is 11.1 Å². The van der Waals surface area contributed by atoms with Crippen LogP contribution in [0.25, 0.3) is 0 Å². The maximum atomic E-state index is 9.06. The first-order valence-electron chi connectivity index (χ1n) is 5.39. The Morgan fingerprint density at radius 3 is 1.79 bits per heavy atom. The van der Waals surface area contributed by atoms with Crippen LogP contribution >= 0.6 is 7.92 Å². The zero-order valence-electron chi connectivity index (χ0n) is 10.3. The topological polar surface area (TPSA) is 27.0 Å². The second-order valence-corrected chi connectivity index (χ2v) is 6.67. The van der Waals surface area contributed by atoms with Crippen molar-refractivity contribution in [2.24, 2.45) is 0 Å². The lowest BCUT2D eigenvalue weighted by Crippen LogP contribution is -2.42. The number of nitrogens with zero attached hydrogens (tertiary/aromatic N) is 2. The minimum Gasteiger partial charge on any atom is -0.291 e. The van der Waals surface area contributed by atoms with E-state index in [1.54, 1.807) is 0 Å². The van der Waals surface area contributed by atoms with Gasteiger partial charge in [0.2, 0.25) is 0 Å². The highest BCUT2D eigenvalue weighted by Gasteiger charge is 2.25. The third-order valence-corrected chi connectivity index (χ3v) is 4.65. The van der Waals surface area contributed by atoms with E-state index in [9.17, 15) is 0 Å². The Hall–Kier alpha value is -0.120. The lowest BCUT2D eigenvalue weighted by atomic mass is 10.2. The molecule has 2 nitrogen and oxygen atoms in total. The minimum atomic E-state index is -0.490. The molecule has 0 aromatic carbocycles. The fourth-order valence-electron chi connectivity index (χ4n) is 2.04. The Morgan fingerprint density at radius 1 is 1.14 bits per heavy atom. The summed E-state index contributed by atoms with van der Waals surface area (Å²) in [5, 5.41) is 9.06. The molecule has 0 spiro atoms. The average Bonchev–Trinajstić information content (AvgIpc) is 2.04. The lowest BCUT2D eigenvalue weighted by molar-refractivity contribution is 0.165. The third-order valence-electron chi connectivity index (χ3n) is 2.54. The standard InChI is InChI=1S/C11H23N2P/c1-7-14(8-12)11(6)13(9(2)3)10(4)5/h9-11H,7H2,1-6H3. The average molecular weight is 214 g/mol. The molecule has 0 aromatic heterocycles. The van der Waals surface area contributed by atoms with Gasteiger partial charge >= 0.3 is 0 Å². The van der Waals surface area contributed by atoms with Crippen LogP contribution in [0.2, 0.25) is 0 Å². The van der Waals surface area contributed by atoms with Crippen molar-refractivity contribution >= 4 is 7.92 Å². The van der Waals surface area contributed by atoms with Crippen molar-refractivity contribution in [3.63, 3.8) is 0 Å². The maximum absolute atomic E-state index is 9.06. The molecule has 0 aromatic rings. The van der Waals surface area contributed by atoms with E-state index in [0.717, 1.165) is 6.16 Å². The first kappa shape index (κ1) is 13.9. The Labute approximate surface area is 90.0 Å². The summed E-state index contributed by atoms with van der Waals surface area (Å²) in [5.41, 5.74) is 0. The second kappa shape index (κ2) is 6.38. The number of rotatable bonds is 5. The molecule has 0 N–H and O–H groups in total. The van der Waals surface area contributed by atoms with Gasteiger partial charge in [0.15, 0.2) is 0 Å². The normalized spacial score (nSPS) is 16.0. The monoisotopic (exact) mass is 214 g/mol. The Kier molecular flexibility index (Phi) is 6.33.